The molecule has 22 heavy (non-hydrogen) atoms. The van der Waals surface area contributed by atoms with E-state index in [0.717, 1.165) is 5.01 Å². The molecule has 1 N–H and O–H groups in total. The molecule has 0 aromatic rings. The Bertz CT molecular complexity index is 473. The first-order valence-corrected chi connectivity index (χ1v) is 7.46. The van der Waals surface area contributed by atoms with Crippen LogP contribution < -0.4 is 5.43 Å². The highest BCUT2D eigenvalue weighted by atomic mass is 19.1. The maximum atomic E-state index is 13.8. The number of halogens is 1. The Morgan fingerprint density at radius 3 is 1.82 bits per heavy atom. The molecule has 2 amide bonds. The normalized spacial score (nSPS) is 29.8. The van der Waals surface area contributed by atoms with Crippen LogP contribution >= 0.6 is 0 Å². The largest absolute Gasteiger partial charge is 0.443 e. The molecule has 0 spiro atoms. The van der Waals surface area contributed by atoms with Gasteiger partial charge in [0, 0.05) is 19.3 Å². The van der Waals surface area contributed by atoms with Gasteiger partial charge in [-0.05, 0) is 41.5 Å². The number of carbonyl (C=O) groups is 2. The van der Waals surface area contributed by atoms with Crippen LogP contribution in [0.15, 0.2) is 0 Å². The van der Waals surface area contributed by atoms with E-state index in [9.17, 15) is 14.0 Å². The van der Waals surface area contributed by atoms with Gasteiger partial charge in [0.2, 0.25) is 0 Å². The first-order valence-electron chi connectivity index (χ1n) is 7.46. The van der Waals surface area contributed by atoms with Gasteiger partial charge in [-0.15, -0.1) is 0 Å². The maximum Gasteiger partial charge on any atom is 0.429 e. The van der Waals surface area contributed by atoms with E-state index < -0.39 is 34.6 Å². The summed E-state index contributed by atoms with van der Waals surface area (Å²) in [6, 6.07) is 0. The fourth-order valence-corrected chi connectivity index (χ4v) is 2.91. The van der Waals surface area contributed by atoms with E-state index in [-0.39, 0.29) is 19.3 Å². The van der Waals surface area contributed by atoms with Gasteiger partial charge in [0.15, 0.2) is 0 Å². The highest BCUT2D eigenvalue weighted by Gasteiger charge is 2.74. The van der Waals surface area contributed by atoms with Gasteiger partial charge in [0.25, 0.3) is 0 Å². The van der Waals surface area contributed by atoms with Crippen LogP contribution in [0.1, 0.15) is 60.8 Å². The molecule has 2 bridgehead atoms. The van der Waals surface area contributed by atoms with Crippen molar-refractivity contribution in [2.45, 2.75) is 83.2 Å². The lowest BCUT2D eigenvalue weighted by atomic mass is 9.47. The minimum absolute atomic E-state index is 0.217. The van der Waals surface area contributed by atoms with Gasteiger partial charge in [-0.25, -0.2) is 24.4 Å². The summed E-state index contributed by atoms with van der Waals surface area (Å²) in [5.41, 5.74) is -0.857. The van der Waals surface area contributed by atoms with E-state index in [2.05, 4.69) is 5.43 Å². The first kappa shape index (κ1) is 16.8. The van der Waals surface area contributed by atoms with Crippen LogP contribution in [0.25, 0.3) is 0 Å². The molecule has 0 aliphatic heterocycles. The Hall–Kier alpha value is -1.53. The lowest BCUT2D eigenvalue weighted by Gasteiger charge is -2.68. The molecule has 6 nitrogen and oxygen atoms in total. The van der Waals surface area contributed by atoms with Crippen molar-refractivity contribution in [3.05, 3.63) is 0 Å². The van der Waals surface area contributed by atoms with Crippen molar-refractivity contribution in [1.29, 1.82) is 0 Å². The number of rotatable bonds is 1. The molecule has 3 fully saturated rings. The molecule has 0 unspecified atom stereocenters. The predicted octanol–water partition coefficient (Wildman–Crippen LogP) is 3.31. The zero-order chi connectivity index (χ0) is 17.0. The van der Waals surface area contributed by atoms with Gasteiger partial charge < -0.3 is 9.47 Å². The van der Waals surface area contributed by atoms with Crippen molar-refractivity contribution >= 4 is 12.2 Å². The summed E-state index contributed by atoms with van der Waals surface area (Å²) in [7, 11) is 0. The monoisotopic (exact) mass is 316 g/mol. The maximum absolute atomic E-state index is 13.8. The van der Waals surface area contributed by atoms with Crippen LogP contribution in [0.2, 0.25) is 0 Å². The second kappa shape index (κ2) is 4.73. The van der Waals surface area contributed by atoms with Crippen molar-refractivity contribution in [2.75, 3.05) is 0 Å². The number of carbonyl (C=O) groups excluding carboxylic acids is 2. The zero-order valence-corrected chi connectivity index (χ0v) is 14.1. The van der Waals surface area contributed by atoms with Crippen molar-refractivity contribution < 1.29 is 23.5 Å². The van der Waals surface area contributed by atoms with Crippen LogP contribution in [-0.2, 0) is 9.47 Å². The Kier molecular flexibility index (Phi) is 3.62. The van der Waals surface area contributed by atoms with Gasteiger partial charge in [-0.1, -0.05) is 0 Å². The molecular weight excluding hydrogens is 291 g/mol. The van der Waals surface area contributed by atoms with Crippen molar-refractivity contribution in [3.8, 4) is 0 Å². The lowest BCUT2D eigenvalue weighted by molar-refractivity contribution is -0.229. The van der Waals surface area contributed by atoms with E-state index in [0.29, 0.717) is 0 Å². The predicted molar refractivity (Wildman–Crippen MR) is 77.9 cm³/mol. The van der Waals surface area contributed by atoms with E-state index >= 15 is 0 Å². The number of alkyl halides is 1. The Labute approximate surface area is 130 Å². The summed E-state index contributed by atoms with van der Waals surface area (Å²) in [4.78, 5) is 24.3. The molecule has 3 saturated carbocycles. The lowest BCUT2D eigenvalue weighted by Crippen LogP contribution is -2.80. The van der Waals surface area contributed by atoms with Crippen LogP contribution in [0.5, 0.6) is 0 Å². The molecule has 0 aromatic carbocycles. The third-order valence-electron chi connectivity index (χ3n) is 3.59. The van der Waals surface area contributed by atoms with E-state index in [1.54, 1.807) is 41.5 Å². The molecule has 3 aliphatic rings. The van der Waals surface area contributed by atoms with Crippen LogP contribution in [-0.4, -0.2) is 39.6 Å². The van der Waals surface area contributed by atoms with Gasteiger partial charge in [-0.3, -0.25) is 0 Å². The number of nitrogens with one attached hydrogen (secondary N) is 1. The van der Waals surface area contributed by atoms with E-state index in [1.165, 1.54) is 0 Å². The van der Waals surface area contributed by atoms with E-state index in [4.69, 9.17) is 9.47 Å². The van der Waals surface area contributed by atoms with Gasteiger partial charge in [0.05, 0.1) is 5.54 Å². The summed E-state index contributed by atoms with van der Waals surface area (Å²) in [5, 5.41) is 1.10. The van der Waals surface area contributed by atoms with Crippen LogP contribution in [0.4, 0.5) is 14.0 Å². The smallest absolute Gasteiger partial charge is 0.429 e. The summed E-state index contributed by atoms with van der Waals surface area (Å²) in [6.07, 6.45) is -0.796. The summed E-state index contributed by atoms with van der Waals surface area (Å²) < 4.78 is 24.2. The molecule has 0 heterocycles. The minimum Gasteiger partial charge on any atom is -0.443 e. The average molecular weight is 316 g/mol. The number of ether oxygens (including phenoxy) is 2. The number of hydrazine groups is 1. The molecular formula is C15H25FN2O4. The van der Waals surface area contributed by atoms with Crippen molar-refractivity contribution in [1.82, 2.24) is 10.4 Å². The van der Waals surface area contributed by atoms with Crippen molar-refractivity contribution in [2.24, 2.45) is 0 Å². The third kappa shape index (κ3) is 3.44. The van der Waals surface area contributed by atoms with Gasteiger partial charge >= 0.3 is 12.2 Å². The quantitative estimate of drug-likeness (QED) is 0.754. The van der Waals surface area contributed by atoms with E-state index in [1.807, 2.05) is 0 Å². The fraction of sp³-hybridized carbons (Fsp3) is 0.867. The minimum atomic E-state index is -1.20. The number of nitrogens with zero attached hydrogens (tertiary/aromatic N) is 1. The summed E-state index contributed by atoms with van der Waals surface area (Å²) in [5.74, 6) is 0. The summed E-state index contributed by atoms with van der Waals surface area (Å²) >= 11 is 0. The number of amides is 2. The number of hydrogen-bond donors (Lipinski definition) is 1. The zero-order valence-electron chi connectivity index (χ0n) is 14.1. The Morgan fingerprint density at radius 2 is 1.45 bits per heavy atom. The summed E-state index contributed by atoms with van der Waals surface area (Å²) in [6.45, 7) is 10.4. The fourth-order valence-electron chi connectivity index (χ4n) is 2.91. The topological polar surface area (TPSA) is 67.9 Å². The average Bonchev–Trinajstić information content (AvgIpc) is 2.15. The second-order valence-corrected chi connectivity index (χ2v) is 8.34. The molecule has 7 heteroatoms. The second-order valence-electron chi connectivity index (χ2n) is 8.34. The van der Waals surface area contributed by atoms with Crippen LogP contribution in [0.3, 0.4) is 0 Å². The Morgan fingerprint density at radius 1 is 1.00 bits per heavy atom. The Balaban J connectivity index is 2.06. The molecule has 0 aromatic heterocycles. The standard InChI is InChI=1S/C15H25FN2O4/c1-12(2,3)21-10(19)17-18(11(20)22-13(4,5)6)15-7-14(16,8-15)9-15/h7-9H2,1-6H3,(H,17,19). The molecule has 126 valence electrons. The molecule has 0 radical (unpaired) electrons. The van der Waals surface area contributed by atoms with Crippen LogP contribution in [0, 0.1) is 0 Å². The molecule has 0 saturated heterocycles. The molecule has 0 atom stereocenters. The third-order valence-corrected chi connectivity index (χ3v) is 3.59. The molecule has 3 aliphatic carbocycles. The first-order chi connectivity index (χ1) is 9.74. The number of hydrogen-bond acceptors (Lipinski definition) is 4. The highest BCUT2D eigenvalue weighted by Crippen LogP contribution is 2.65. The molecule has 3 rings (SSSR count). The van der Waals surface area contributed by atoms with Gasteiger partial charge in [-0.2, -0.15) is 0 Å². The van der Waals surface area contributed by atoms with Gasteiger partial charge in [0.1, 0.15) is 16.9 Å². The SMILES string of the molecule is CC(C)(C)OC(=O)NN(C(=O)OC(C)(C)C)C12CC(F)(C1)C2. The van der Waals surface area contributed by atoms with Crippen molar-refractivity contribution in [3.63, 3.8) is 0 Å². The highest BCUT2D eigenvalue weighted by molar-refractivity contribution is 5.76.